The number of carbonyl (C=O) groups excluding carboxylic acids is 1. The van der Waals surface area contributed by atoms with Crippen LogP contribution in [0.15, 0.2) is 43.0 Å². The predicted molar refractivity (Wildman–Crippen MR) is 133 cm³/mol. The van der Waals surface area contributed by atoms with Crippen molar-refractivity contribution >= 4 is 11.6 Å². The number of hydrogen-bond acceptors (Lipinski definition) is 4. The Kier molecular flexibility index (Phi) is 6.29. The minimum absolute atomic E-state index is 0.0168. The molecule has 1 aliphatic rings. The number of aromatic nitrogens is 5. The summed E-state index contributed by atoms with van der Waals surface area (Å²) in [6, 6.07) is 5.70. The summed E-state index contributed by atoms with van der Waals surface area (Å²) in [5, 5.41) is 3.84. The van der Waals surface area contributed by atoms with Crippen LogP contribution < -0.4 is 0 Å². The smallest absolute Gasteiger partial charge is 0.338 e. The lowest BCUT2D eigenvalue weighted by atomic mass is 9.97. The Balaban J connectivity index is 1.46. The van der Waals surface area contributed by atoms with E-state index in [1.54, 1.807) is 16.8 Å². The molecule has 7 nitrogen and oxygen atoms in total. The monoisotopic (exact) mass is 510 g/mol. The summed E-state index contributed by atoms with van der Waals surface area (Å²) in [5.41, 5.74) is 2.98. The zero-order valence-electron chi connectivity index (χ0n) is 21.3. The van der Waals surface area contributed by atoms with E-state index < -0.39 is 11.9 Å². The predicted octanol–water partition coefficient (Wildman–Crippen LogP) is 5.26. The van der Waals surface area contributed by atoms with Gasteiger partial charge in [0.05, 0.1) is 23.1 Å². The highest BCUT2D eigenvalue weighted by atomic mass is 19.4. The molecular weight excluding hydrogens is 481 g/mol. The molecule has 0 unspecified atom stereocenters. The van der Waals surface area contributed by atoms with Crippen molar-refractivity contribution in [3.63, 3.8) is 0 Å². The highest BCUT2D eigenvalue weighted by Gasteiger charge is 2.38. The molecule has 194 valence electrons. The minimum atomic E-state index is -4.59. The van der Waals surface area contributed by atoms with Crippen molar-refractivity contribution in [1.29, 1.82) is 0 Å². The first-order chi connectivity index (χ1) is 17.5. The molecule has 0 N–H and O–H groups in total. The number of benzene rings is 1. The molecule has 0 saturated carbocycles. The quantitative estimate of drug-likeness (QED) is 0.355. The minimum Gasteiger partial charge on any atom is -0.338 e. The summed E-state index contributed by atoms with van der Waals surface area (Å²) < 4.78 is 44.5. The third kappa shape index (κ3) is 4.84. The van der Waals surface area contributed by atoms with Crippen LogP contribution in [0.3, 0.4) is 0 Å². The molecular formula is C27H29F3N6O. The van der Waals surface area contributed by atoms with E-state index in [4.69, 9.17) is 0 Å². The van der Waals surface area contributed by atoms with Gasteiger partial charge in [-0.25, -0.2) is 4.98 Å². The molecule has 3 aromatic heterocycles. The number of nitrogens with zero attached hydrogens (tertiary/aromatic N) is 6. The standard InChI is InChI=1S/C27H29F3N6O/c1-16(2)12-35-15-21(24(33-35)27(28,29)30)23-11-32-25-22(31-7-8-36(23)25)10-19-5-6-20(18(4)9-19)26(37)34-13-17(3)14-34/h5-9,11,15-17H,10,12-14H2,1-4H3. The normalized spacial score (nSPS) is 14.5. The number of amides is 1. The van der Waals surface area contributed by atoms with Crippen LogP contribution in [0.4, 0.5) is 13.2 Å². The van der Waals surface area contributed by atoms with Crippen LogP contribution >= 0.6 is 0 Å². The van der Waals surface area contributed by atoms with Gasteiger partial charge in [0, 0.05) is 50.2 Å². The molecule has 1 fully saturated rings. The first kappa shape index (κ1) is 25.0. The van der Waals surface area contributed by atoms with Crippen LogP contribution in [-0.4, -0.2) is 48.0 Å². The number of alkyl halides is 3. The lowest BCUT2D eigenvalue weighted by molar-refractivity contribution is -0.141. The van der Waals surface area contributed by atoms with Gasteiger partial charge in [-0.2, -0.15) is 18.3 Å². The number of hydrogen-bond donors (Lipinski definition) is 0. The Morgan fingerprint density at radius 3 is 2.59 bits per heavy atom. The number of carbonyl (C=O) groups is 1. The molecule has 10 heteroatoms. The van der Waals surface area contributed by atoms with E-state index >= 15 is 0 Å². The highest BCUT2D eigenvalue weighted by molar-refractivity contribution is 5.96. The van der Waals surface area contributed by atoms with Gasteiger partial charge in [0.25, 0.3) is 5.91 Å². The van der Waals surface area contributed by atoms with Crippen molar-refractivity contribution in [3.8, 4) is 11.3 Å². The summed E-state index contributed by atoms with van der Waals surface area (Å²) >= 11 is 0. The zero-order valence-corrected chi connectivity index (χ0v) is 21.3. The Bertz CT molecular complexity index is 1460. The van der Waals surface area contributed by atoms with Gasteiger partial charge in [-0.3, -0.25) is 18.9 Å². The summed E-state index contributed by atoms with van der Waals surface area (Å²) in [7, 11) is 0. The molecule has 0 aliphatic carbocycles. The first-order valence-corrected chi connectivity index (χ1v) is 12.4. The van der Waals surface area contributed by atoms with Crippen LogP contribution in [-0.2, 0) is 19.1 Å². The number of imidazole rings is 1. The molecule has 0 spiro atoms. The average molecular weight is 511 g/mol. The fraction of sp³-hybridized carbons (Fsp3) is 0.407. The molecule has 1 saturated heterocycles. The molecule has 0 bridgehead atoms. The van der Waals surface area contributed by atoms with Gasteiger partial charge in [0.15, 0.2) is 11.3 Å². The van der Waals surface area contributed by atoms with Crippen molar-refractivity contribution in [2.75, 3.05) is 13.1 Å². The van der Waals surface area contributed by atoms with Crippen LogP contribution in [0.2, 0.25) is 0 Å². The van der Waals surface area contributed by atoms with Crippen LogP contribution in [0.5, 0.6) is 0 Å². The van der Waals surface area contributed by atoms with Crippen molar-refractivity contribution in [3.05, 3.63) is 71.1 Å². The largest absolute Gasteiger partial charge is 0.435 e. The molecule has 5 rings (SSSR count). The van der Waals surface area contributed by atoms with E-state index in [1.165, 1.54) is 17.1 Å². The molecule has 1 aromatic carbocycles. The number of likely N-dealkylation sites (tertiary alicyclic amines) is 1. The number of halogens is 3. The van der Waals surface area contributed by atoms with Gasteiger partial charge < -0.3 is 4.90 Å². The third-order valence-electron chi connectivity index (χ3n) is 6.60. The van der Waals surface area contributed by atoms with Crippen molar-refractivity contribution in [2.45, 2.75) is 46.8 Å². The van der Waals surface area contributed by atoms with Gasteiger partial charge in [-0.1, -0.05) is 32.9 Å². The number of aryl methyl sites for hydroxylation is 1. The SMILES string of the molecule is Cc1cc(Cc2nccn3c(-c4cn(CC(C)C)nc4C(F)(F)F)cnc23)ccc1C(=O)N1CC(C)C1. The van der Waals surface area contributed by atoms with Crippen molar-refractivity contribution in [2.24, 2.45) is 11.8 Å². The Labute approximate surface area is 213 Å². The van der Waals surface area contributed by atoms with E-state index in [-0.39, 0.29) is 17.4 Å². The van der Waals surface area contributed by atoms with Gasteiger partial charge in [-0.15, -0.1) is 0 Å². The Morgan fingerprint density at radius 2 is 1.95 bits per heavy atom. The average Bonchev–Trinajstić information content (AvgIpc) is 3.41. The molecule has 4 heterocycles. The van der Waals surface area contributed by atoms with Gasteiger partial charge >= 0.3 is 6.18 Å². The molecule has 1 aliphatic heterocycles. The summed E-state index contributed by atoms with van der Waals surface area (Å²) in [4.78, 5) is 23.5. The summed E-state index contributed by atoms with van der Waals surface area (Å²) in [5.74, 6) is 0.719. The van der Waals surface area contributed by atoms with E-state index in [0.717, 1.165) is 24.2 Å². The van der Waals surface area contributed by atoms with Gasteiger partial charge in [-0.05, 0) is 36.0 Å². The van der Waals surface area contributed by atoms with E-state index in [2.05, 4.69) is 22.0 Å². The molecule has 0 radical (unpaired) electrons. The molecule has 4 aromatic rings. The second-order valence-corrected chi connectivity index (χ2v) is 10.4. The summed E-state index contributed by atoms with van der Waals surface area (Å²) in [6.07, 6.45) is 1.88. The van der Waals surface area contributed by atoms with Gasteiger partial charge in [0.2, 0.25) is 0 Å². The van der Waals surface area contributed by atoms with E-state index in [9.17, 15) is 18.0 Å². The number of fused-ring (bicyclic) bond motifs is 1. The Morgan fingerprint density at radius 1 is 1.19 bits per heavy atom. The second kappa shape index (κ2) is 9.32. The molecule has 0 atom stereocenters. The van der Waals surface area contributed by atoms with E-state index in [0.29, 0.717) is 41.5 Å². The first-order valence-electron chi connectivity index (χ1n) is 12.4. The van der Waals surface area contributed by atoms with E-state index in [1.807, 2.05) is 43.9 Å². The maximum Gasteiger partial charge on any atom is 0.435 e. The van der Waals surface area contributed by atoms with Crippen LogP contribution in [0, 0.1) is 18.8 Å². The number of rotatable bonds is 6. The molecule has 37 heavy (non-hydrogen) atoms. The lowest BCUT2D eigenvalue weighted by Crippen LogP contribution is -2.48. The van der Waals surface area contributed by atoms with Crippen molar-refractivity contribution in [1.82, 2.24) is 29.0 Å². The van der Waals surface area contributed by atoms with Crippen molar-refractivity contribution < 1.29 is 18.0 Å². The van der Waals surface area contributed by atoms with Gasteiger partial charge in [0.1, 0.15) is 0 Å². The Hall–Kier alpha value is -3.69. The topological polar surface area (TPSA) is 68.3 Å². The fourth-order valence-electron chi connectivity index (χ4n) is 4.89. The van der Waals surface area contributed by atoms with Crippen LogP contribution in [0.25, 0.3) is 16.9 Å². The third-order valence-corrected chi connectivity index (χ3v) is 6.60. The zero-order chi connectivity index (χ0) is 26.5. The molecule has 1 amide bonds. The highest BCUT2D eigenvalue weighted by Crippen LogP contribution is 2.36. The lowest BCUT2D eigenvalue weighted by Gasteiger charge is -2.37. The second-order valence-electron chi connectivity index (χ2n) is 10.4. The van der Waals surface area contributed by atoms with Crippen LogP contribution in [0.1, 0.15) is 53.6 Å². The summed E-state index contributed by atoms with van der Waals surface area (Å²) in [6.45, 7) is 9.82. The maximum absolute atomic E-state index is 13.8. The maximum atomic E-state index is 13.8. The fourth-order valence-corrected chi connectivity index (χ4v) is 4.89.